The van der Waals surface area contributed by atoms with Crippen LogP contribution in [0.25, 0.3) is 87.9 Å². The van der Waals surface area contributed by atoms with Crippen molar-refractivity contribution in [2.45, 2.75) is 26.2 Å². The summed E-state index contributed by atoms with van der Waals surface area (Å²) in [5.41, 5.74) is 11.8. The lowest BCUT2D eigenvalue weighted by molar-refractivity contribution is 0.661. The second-order valence-corrected chi connectivity index (χ2v) is 14.3. The van der Waals surface area contributed by atoms with Gasteiger partial charge < -0.3 is 0 Å². The normalized spacial score (nSPS) is 13.6. The fraction of sp³-hybridized carbons (Fsp3) is 0.0870. The third kappa shape index (κ3) is 3.93. The largest absolute Gasteiger partial charge is 0.135 e. The standard InChI is InChI=1S/C46H34S/c1-5-15-41-29(6-2)37-26-28(24-25-42(37)47-41)43-32-18-9-11-20-34(32)44(35-21-12-10-19-33(35)43)38-27-40-45(31-17-8-7-16-30(31)38)36-22-13-14-23-39(36)46(40,3)4/h5-27H,2H2,1,3-4H3/b15-5-. The number of thiophene rings is 1. The van der Waals surface area contributed by atoms with Crippen LogP contribution in [0.1, 0.15) is 42.3 Å². The minimum Gasteiger partial charge on any atom is -0.135 e. The monoisotopic (exact) mass is 618 g/mol. The molecule has 7 aromatic carbocycles. The molecule has 0 saturated heterocycles. The average Bonchev–Trinajstić information content (AvgIpc) is 3.57. The van der Waals surface area contributed by atoms with Crippen molar-refractivity contribution in [1.29, 1.82) is 0 Å². The molecule has 0 saturated carbocycles. The van der Waals surface area contributed by atoms with E-state index in [0.717, 1.165) is 0 Å². The molecule has 0 nitrogen and oxygen atoms in total. The molecular formula is C46H34S. The number of fused-ring (bicyclic) bond motifs is 8. The van der Waals surface area contributed by atoms with E-state index in [1.807, 2.05) is 17.4 Å². The number of benzene rings is 7. The molecule has 0 N–H and O–H groups in total. The highest BCUT2D eigenvalue weighted by molar-refractivity contribution is 7.20. The predicted molar refractivity (Wildman–Crippen MR) is 208 cm³/mol. The van der Waals surface area contributed by atoms with Crippen molar-refractivity contribution in [3.8, 4) is 33.4 Å². The van der Waals surface area contributed by atoms with Gasteiger partial charge in [0.05, 0.1) is 0 Å². The Balaban J connectivity index is 1.40. The van der Waals surface area contributed by atoms with E-state index in [4.69, 9.17) is 0 Å². The van der Waals surface area contributed by atoms with Crippen molar-refractivity contribution in [2.24, 2.45) is 0 Å². The summed E-state index contributed by atoms with van der Waals surface area (Å²) in [6, 6.07) is 45.5. The molecule has 1 aliphatic carbocycles. The highest BCUT2D eigenvalue weighted by Gasteiger charge is 2.37. The quantitative estimate of drug-likeness (QED) is 0.172. The van der Waals surface area contributed by atoms with Gasteiger partial charge in [0.15, 0.2) is 0 Å². The number of hydrogen-bond acceptors (Lipinski definition) is 1. The summed E-state index contributed by atoms with van der Waals surface area (Å²) in [6.07, 6.45) is 6.32. The number of allylic oxidation sites excluding steroid dienone is 1. The van der Waals surface area contributed by atoms with Crippen LogP contribution in [0.15, 0.2) is 134 Å². The molecule has 224 valence electrons. The Hall–Kier alpha value is -5.24. The van der Waals surface area contributed by atoms with Crippen LogP contribution in [0.5, 0.6) is 0 Å². The maximum absolute atomic E-state index is 4.19. The van der Waals surface area contributed by atoms with E-state index in [0.29, 0.717) is 0 Å². The summed E-state index contributed by atoms with van der Waals surface area (Å²) in [7, 11) is 0. The van der Waals surface area contributed by atoms with Crippen LogP contribution in [0, 0.1) is 0 Å². The van der Waals surface area contributed by atoms with Crippen LogP contribution >= 0.6 is 11.3 Å². The van der Waals surface area contributed by atoms with Gasteiger partial charge >= 0.3 is 0 Å². The molecule has 1 heteroatoms. The summed E-state index contributed by atoms with van der Waals surface area (Å²) in [6.45, 7) is 11.0. The minimum atomic E-state index is -0.0963. The van der Waals surface area contributed by atoms with E-state index < -0.39 is 0 Å². The molecule has 0 spiro atoms. The van der Waals surface area contributed by atoms with Gasteiger partial charge in [-0.25, -0.2) is 0 Å². The highest BCUT2D eigenvalue weighted by Crippen LogP contribution is 2.54. The predicted octanol–water partition coefficient (Wildman–Crippen LogP) is 13.7. The first-order valence-corrected chi connectivity index (χ1v) is 17.2. The van der Waals surface area contributed by atoms with Crippen molar-refractivity contribution in [3.05, 3.63) is 156 Å². The van der Waals surface area contributed by atoms with Crippen molar-refractivity contribution in [2.75, 3.05) is 0 Å². The van der Waals surface area contributed by atoms with Crippen molar-refractivity contribution < 1.29 is 0 Å². The lowest BCUT2D eigenvalue weighted by atomic mass is 9.79. The Morgan fingerprint density at radius 3 is 1.77 bits per heavy atom. The van der Waals surface area contributed by atoms with Crippen molar-refractivity contribution in [1.82, 2.24) is 0 Å². The molecule has 1 aromatic heterocycles. The molecule has 0 aliphatic heterocycles. The molecule has 0 unspecified atom stereocenters. The molecule has 47 heavy (non-hydrogen) atoms. The Morgan fingerprint density at radius 2 is 1.13 bits per heavy atom. The zero-order valence-electron chi connectivity index (χ0n) is 26.9. The molecule has 8 aromatic rings. The van der Waals surface area contributed by atoms with Gasteiger partial charge in [0.2, 0.25) is 0 Å². The first-order valence-electron chi connectivity index (χ1n) is 16.4. The summed E-state index contributed by atoms with van der Waals surface area (Å²) >= 11 is 1.83. The van der Waals surface area contributed by atoms with Gasteiger partial charge in [-0.2, -0.15) is 0 Å². The lowest BCUT2D eigenvalue weighted by Crippen LogP contribution is -2.15. The molecule has 1 aliphatic rings. The summed E-state index contributed by atoms with van der Waals surface area (Å²) in [5.74, 6) is 0. The van der Waals surface area contributed by atoms with E-state index in [9.17, 15) is 0 Å². The average molecular weight is 619 g/mol. The number of hydrogen-bond donors (Lipinski definition) is 0. The van der Waals surface area contributed by atoms with Gasteiger partial charge in [0, 0.05) is 20.4 Å². The Kier molecular flexibility index (Phi) is 6.19. The van der Waals surface area contributed by atoms with Crippen LogP contribution in [-0.4, -0.2) is 0 Å². The minimum absolute atomic E-state index is 0.0963. The Morgan fingerprint density at radius 1 is 0.553 bits per heavy atom. The van der Waals surface area contributed by atoms with Gasteiger partial charge in [-0.3, -0.25) is 0 Å². The van der Waals surface area contributed by atoms with E-state index in [2.05, 4.69) is 161 Å². The number of rotatable bonds is 4. The smallest absolute Gasteiger partial charge is 0.0355 e. The second-order valence-electron chi connectivity index (χ2n) is 13.2. The van der Waals surface area contributed by atoms with Crippen LogP contribution in [0.4, 0.5) is 0 Å². The molecular weight excluding hydrogens is 585 g/mol. The molecule has 0 radical (unpaired) electrons. The summed E-state index contributed by atoms with van der Waals surface area (Å²) < 4.78 is 1.29. The second kappa shape index (κ2) is 10.4. The Labute approximate surface area is 280 Å². The van der Waals surface area contributed by atoms with Gasteiger partial charge in [0.25, 0.3) is 0 Å². The van der Waals surface area contributed by atoms with E-state index in [-0.39, 0.29) is 5.41 Å². The van der Waals surface area contributed by atoms with Gasteiger partial charge in [-0.05, 0) is 114 Å². The third-order valence-corrected chi connectivity index (χ3v) is 11.5. The first kappa shape index (κ1) is 28.0. The first-order chi connectivity index (χ1) is 23.0. The summed E-state index contributed by atoms with van der Waals surface area (Å²) in [4.78, 5) is 1.26. The fourth-order valence-electron chi connectivity index (χ4n) is 8.26. The van der Waals surface area contributed by atoms with Crippen molar-refractivity contribution in [3.63, 3.8) is 0 Å². The lowest BCUT2D eigenvalue weighted by Gasteiger charge is -2.24. The Bertz CT molecular complexity index is 2570. The molecule has 0 amide bonds. The van der Waals surface area contributed by atoms with E-state index in [1.54, 1.807) is 0 Å². The van der Waals surface area contributed by atoms with E-state index >= 15 is 0 Å². The zero-order valence-corrected chi connectivity index (χ0v) is 27.7. The van der Waals surface area contributed by atoms with Crippen LogP contribution in [0.3, 0.4) is 0 Å². The van der Waals surface area contributed by atoms with Crippen LogP contribution < -0.4 is 0 Å². The molecule has 9 rings (SSSR count). The van der Waals surface area contributed by atoms with Crippen LogP contribution in [-0.2, 0) is 5.41 Å². The van der Waals surface area contributed by atoms with Gasteiger partial charge in [-0.15, -0.1) is 11.3 Å². The highest BCUT2D eigenvalue weighted by atomic mass is 32.1. The third-order valence-electron chi connectivity index (χ3n) is 10.4. The molecule has 0 fully saturated rings. The van der Waals surface area contributed by atoms with Crippen LogP contribution in [0.2, 0.25) is 0 Å². The molecule has 0 bridgehead atoms. The summed E-state index contributed by atoms with van der Waals surface area (Å²) in [5, 5.41) is 9.00. The fourth-order valence-corrected chi connectivity index (χ4v) is 9.42. The maximum atomic E-state index is 4.19. The van der Waals surface area contributed by atoms with Gasteiger partial charge in [-0.1, -0.05) is 136 Å². The van der Waals surface area contributed by atoms with E-state index in [1.165, 1.54) is 97.4 Å². The van der Waals surface area contributed by atoms with Crippen molar-refractivity contribution >= 4 is 65.9 Å². The molecule has 0 atom stereocenters. The SMILES string of the molecule is C=Cc1c(/C=C\C)sc2ccc(-c3c4ccccc4c(-c4cc5c(c6ccccc46)-c4ccccc4C5(C)C)c4ccccc34)cc12. The zero-order chi connectivity index (χ0) is 31.9. The molecule has 1 heterocycles. The topological polar surface area (TPSA) is 0 Å². The maximum Gasteiger partial charge on any atom is 0.0355 e. The van der Waals surface area contributed by atoms with Gasteiger partial charge in [0.1, 0.15) is 0 Å².